The van der Waals surface area contributed by atoms with Gasteiger partial charge in [-0.15, -0.1) is 0 Å². The lowest BCUT2D eigenvalue weighted by atomic mass is 9.66. The van der Waals surface area contributed by atoms with E-state index in [4.69, 9.17) is 0 Å². The van der Waals surface area contributed by atoms with Crippen LogP contribution in [0.3, 0.4) is 0 Å². The van der Waals surface area contributed by atoms with E-state index in [2.05, 4.69) is 55.1 Å². The smallest absolute Gasteiger partial charge is 0.411 e. The van der Waals surface area contributed by atoms with Crippen LogP contribution >= 0.6 is 0 Å². The van der Waals surface area contributed by atoms with E-state index in [1.807, 2.05) is 64.3 Å². The maximum absolute atomic E-state index is 15.5. The highest BCUT2D eigenvalue weighted by molar-refractivity contribution is 5.96. The number of hydrogen-bond donors (Lipinski definition) is 4. The number of rotatable bonds is 9. The normalized spacial score (nSPS) is 13.6. The molecule has 0 aliphatic heterocycles. The third kappa shape index (κ3) is 6.31. The third-order valence-electron chi connectivity index (χ3n) is 13.9. The van der Waals surface area contributed by atoms with Crippen molar-refractivity contribution in [3.8, 4) is 40.1 Å². The van der Waals surface area contributed by atoms with Crippen molar-refractivity contribution in [2.75, 3.05) is 19.0 Å². The molecule has 0 saturated carbocycles. The van der Waals surface area contributed by atoms with Gasteiger partial charge in [0.25, 0.3) is 0 Å². The van der Waals surface area contributed by atoms with Crippen molar-refractivity contribution in [1.29, 1.82) is 0 Å². The minimum atomic E-state index is -6.02. The summed E-state index contributed by atoms with van der Waals surface area (Å²) in [5.41, 5.74) is 3.20. The van der Waals surface area contributed by atoms with Crippen molar-refractivity contribution in [1.82, 2.24) is 4.57 Å². The SMILES string of the molecule is CCc1cc(C2(c3cc(C)c(-n4c(O)c5ccc(C(c6ccc7c(O)ccc(O)c7c6)(C(F)(F)F)C(F)(F)F)cc5c4O)c(CC)c3)c3ccccc3-c3ccccc32)cc(CC)c1N(C)C. The molecule has 0 atom stereocenters. The van der Waals surface area contributed by atoms with Gasteiger partial charge in [-0.1, -0.05) is 112 Å². The molecule has 4 N–H and O–H groups in total. The predicted octanol–water partition coefficient (Wildman–Crippen LogP) is 13.4. The standard InChI is InChI=1S/C55H48F6N2O4/c1-7-31-25-36(52(37-26-32(8-2)49(62(5)6)33(9-3)27-37)44-16-12-10-14-38(44)39-15-11-13-17-45(39)52)24-30(4)48(31)63-50(66)41-21-19-35(29-43(41)51(63)67)53(54(56,57)58,55(59,60)61)34-18-20-40-42(28-34)47(65)23-22-46(40)64/h10-29,64-67H,7-9H2,1-6H3. The van der Waals surface area contributed by atoms with E-state index in [0.29, 0.717) is 47.5 Å². The molecular weight excluding hydrogens is 867 g/mol. The Bertz CT molecular complexity index is 3210. The van der Waals surface area contributed by atoms with Crippen LogP contribution in [0, 0.1) is 6.92 Å². The molecule has 8 aromatic rings. The van der Waals surface area contributed by atoms with Crippen LogP contribution in [0.1, 0.15) is 76.4 Å². The number of phenolic OH excluding ortho intramolecular Hbond substituents is 2. The number of aromatic hydroxyl groups is 4. The summed E-state index contributed by atoms with van der Waals surface area (Å²) in [5.74, 6) is -2.43. The van der Waals surface area contributed by atoms with Crippen LogP contribution in [0.2, 0.25) is 0 Å². The largest absolute Gasteiger partial charge is 0.507 e. The highest BCUT2D eigenvalue weighted by atomic mass is 19.4. The van der Waals surface area contributed by atoms with Gasteiger partial charge in [-0.05, 0) is 123 Å². The van der Waals surface area contributed by atoms with Crippen molar-refractivity contribution in [2.24, 2.45) is 0 Å². The van der Waals surface area contributed by atoms with E-state index in [1.165, 1.54) is 11.1 Å². The highest BCUT2D eigenvalue weighted by Crippen LogP contribution is 2.60. The zero-order valence-corrected chi connectivity index (χ0v) is 37.6. The maximum atomic E-state index is 15.5. The van der Waals surface area contributed by atoms with Gasteiger partial charge in [0.05, 0.1) is 11.1 Å². The Morgan fingerprint density at radius 1 is 0.522 bits per heavy atom. The molecule has 0 saturated heterocycles. The number of alkyl halides is 6. The van der Waals surface area contributed by atoms with Crippen molar-refractivity contribution in [3.05, 3.63) is 177 Å². The minimum Gasteiger partial charge on any atom is -0.507 e. The van der Waals surface area contributed by atoms with Gasteiger partial charge in [0.2, 0.25) is 17.2 Å². The molecule has 1 aliphatic carbocycles. The number of phenols is 2. The molecule has 1 aliphatic rings. The summed E-state index contributed by atoms with van der Waals surface area (Å²) in [5, 5.41) is 43.6. The Hall–Kier alpha value is -7.08. The third-order valence-corrected chi connectivity index (χ3v) is 13.9. The lowest BCUT2D eigenvalue weighted by Crippen LogP contribution is -2.54. The fourth-order valence-corrected chi connectivity index (χ4v) is 11.0. The molecule has 9 rings (SSSR count). The second-order valence-corrected chi connectivity index (χ2v) is 17.6. The van der Waals surface area contributed by atoms with Gasteiger partial charge in [-0.3, -0.25) is 0 Å². The van der Waals surface area contributed by atoms with Crippen molar-refractivity contribution < 1.29 is 46.8 Å². The quantitative estimate of drug-likeness (QED) is 0.0856. The van der Waals surface area contributed by atoms with Crippen LogP contribution in [-0.2, 0) is 30.1 Å². The molecule has 67 heavy (non-hydrogen) atoms. The Balaban J connectivity index is 1.30. The molecule has 0 spiro atoms. The van der Waals surface area contributed by atoms with E-state index in [9.17, 15) is 20.4 Å². The summed E-state index contributed by atoms with van der Waals surface area (Å²) in [4.78, 5) is 2.15. The minimum absolute atomic E-state index is 0.156. The second-order valence-electron chi connectivity index (χ2n) is 17.6. The van der Waals surface area contributed by atoms with Crippen LogP contribution in [0.15, 0.2) is 121 Å². The van der Waals surface area contributed by atoms with Crippen LogP contribution in [-0.4, -0.2) is 51.4 Å². The van der Waals surface area contributed by atoms with E-state index in [0.717, 1.165) is 80.7 Å². The van der Waals surface area contributed by atoms with Gasteiger partial charge in [0, 0.05) is 41.3 Å². The lowest BCUT2D eigenvalue weighted by Gasteiger charge is -2.38. The summed E-state index contributed by atoms with van der Waals surface area (Å²) in [6.07, 6.45) is -10.1. The van der Waals surface area contributed by atoms with Gasteiger partial charge in [0.15, 0.2) is 0 Å². The fourth-order valence-electron chi connectivity index (χ4n) is 11.0. The Kier molecular flexibility index (Phi) is 10.6. The number of anilines is 1. The van der Waals surface area contributed by atoms with Crippen molar-refractivity contribution >= 4 is 27.2 Å². The number of aryl methyl sites for hydroxylation is 4. The first kappa shape index (κ1) is 45.1. The summed E-state index contributed by atoms with van der Waals surface area (Å²) in [6.45, 7) is 7.99. The fraction of sp³-hybridized carbons (Fsp3) is 0.236. The molecule has 7 aromatic carbocycles. The first-order valence-corrected chi connectivity index (χ1v) is 22.1. The zero-order chi connectivity index (χ0) is 48.1. The van der Waals surface area contributed by atoms with Crippen LogP contribution in [0.4, 0.5) is 32.0 Å². The van der Waals surface area contributed by atoms with Gasteiger partial charge in [-0.25, -0.2) is 4.57 Å². The predicted molar refractivity (Wildman–Crippen MR) is 251 cm³/mol. The second kappa shape index (κ2) is 15.8. The molecule has 6 nitrogen and oxygen atoms in total. The summed E-state index contributed by atoms with van der Waals surface area (Å²) in [6, 6.07) is 31.5. The van der Waals surface area contributed by atoms with Crippen molar-refractivity contribution in [2.45, 2.75) is 70.1 Å². The van der Waals surface area contributed by atoms with E-state index < -0.39 is 68.3 Å². The average Bonchev–Trinajstić information content (AvgIpc) is 3.73. The molecule has 1 heterocycles. The molecule has 0 amide bonds. The van der Waals surface area contributed by atoms with E-state index in [-0.39, 0.29) is 10.8 Å². The van der Waals surface area contributed by atoms with Crippen LogP contribution < -0.4 is 4.90 Å². The average molecular weight is 915 g/mol. The monoisotopic (exact) mass is 914 g/mol. The molecule has 1 aromatic heterocycles. The highest BCUT2D eigenvalue weighted by Gasteiger charge is 2.72. The number of benzene rings is 7. The first-order chi connectivity index (χ1) is 31.8. The summed E-state index contributed by atoms with van der Waals surface area (Å²) in [7, 11) is 4.09. The summed E-state index contributed by atoms with van der Waals surface area (Å²) >= 11 is 0. The molecule has 0 fully saturated rings. The number of halogens is 6. The molecule has 0 bridgehead atoms. The molecule has 0 unspecified atom stereocenters. The summed E-state index contributed by atoms with van der Waals surface area (Å²) < 4.78 is 94.2. The number of nitrogens with zero attached hydrogens (tertiary/aromatic N) is 2. The molecular formula is C55H48F6N2O4. The molecule has 344 valence electrons. The van der Waals surface area contributed by atoms with Crippen molar-refractivity contribution in [3.63, 3.8) is 0 Å². The Morgan fingerprint density at radius 2 is 0.970 bits per heavy atom. The maximum Gasteiger partial charge on any atom is 0.411 e. The van der Waals surface area contributed by atoms with Gasteiger partial charge >= 0.3 is 12.4 Å². The Morgan fingerprint density at radius 3 is 1.48 bits per heavy atom. The van der Waals surface area contributed by atoms with Crippen LogP contribution in [0.25, 0.3) is 38.4 Å². The first-order valence-electron chi connectivity index (χ1n) is 22.1. The van der Waals surface area contributed by atoms with Gasteiger partial charge < -0.3 is 25.3 Å². The molecule has 0 radical (unpaired) electrons. The number of hydrogen-bond acceptors (Lipinski definition) is 5. The van der Waals surface area contributed by atoms with E-state index in [1.54, 1.807) is 0 Å². The van der Waals surface area contributed by atoms with Gasteiger partial charge in [-0.2, -0.15) is 26.3 Å². The Labute approximate surface area is 383 Å². The lowest BCUT2D eigenvalue weighted by molar-refractivity contribution is -0.288. The number of aromatic nitrogens is 1. The zero-order valence-electron chi connectivity index (χ0n) is 37.6. The van der Waals surface area contributed by atoms with Crippen LogP contribution in [0.5, 0.6) is 23.3 Å². The van der Waals surface area contributed by atoms with E-state index >= 15 is 26.3 Å². The van der Waals surface area contributed by atoms with Gasteiger partial charge in [0.1, 0.15) is 11.5 Å². The topological polar surface area (TPSA) is 89.1 Å². The molecule has 12 heteroatoms. The number of fused-ring (bicyclic) bond motifs is 5.